The lowest BCUT2D eigenvalue weighted by molar-refractivity contribution is 0.0527. The van der Waals surface area contributed by atoms with Crippen molar-refractivity contribution < 1.29 is 14.3 Å². The van der Waals surface area contributed by atoms with Gasteiger partial charge < -0.3 is 9.64 Å². The first kappa shape index (κ1) is 16.2. The summed E-state index contributed by atoms with van der Waals surface area (Å²) in [5, 5.41) is 8.94. The number of nitrogens with zero attached hydrogens (tertiary/aromatic N) is 2. The van der Waals surface area contributed by atoms with Crippen LogP contribution in [0.15, 0.2) is 48.5 Å². The summed E-state index contributed by atoms with van der Waals surface area (Å²) in [6, 6.07) is 15.2. The van der Waals surface area contributed by atoms with Gasteiger partial charge in [-0.2, -0.15) is 5.26 Å². The van der Waals surface area contributed by atoms with Gasteiger partial charge in [0, 0.05) is 12.6 Å². The fraction of sp³-hybridized carbons (Fsp3) is 0.167. The van der Waals surface area contributed by atoms with E-state index in [4.69, 9.17) is 10.00 Å². The second-order valence-electron chi connectivity index (χ2n) is 4.79. The molecule has 0 heterocycles. The number of benzene rings is 2. The van der Waals surface area contributed by atoms with Crippen molar-refractivity contribution >= 4 is 17.6 Å². The van der Waals surface area contributed by atoms with Gasteiger partial charge >= 0.3 is 5.97 Å². The number of rotatable bonds is 4. The normalized spacial score (nSPS) is 9.78. The first-order chi connectivity index (χ1) is 11.1. The Morgan fingerprint density at radius 1 is 1.17 bits per heavy atom. The molecule has 0 aliphatic carbocycles. The van der Waals surface area contributed by atoms with Gasteiger partial charge in [-0.15, -0.1) is 0 Å². The SMILES string of the molecule is CCOC(=O)c1ccccc1N(C)C(=O)c1cccc(C#N)c1. The van der Waals surface area contributed by atoms with Gasteiger partial charge in [-0.3, -0.25) is 4.79 Å². The Morgan fingerprint density at radius 3 is 2.61 bits per heavy atom. The minimum Gasteiger partial charge on any atom is -0.462 e. The molecular formula is C18H16N2O3. The zero-order chi connectivity index (χ0) is 16.8. The van der Waals surface area contributed by atoms with Crippen LogP contribution in [0, 0.1) is 11.3 Å². The van der Waals surface area contributed by atoms with E-state index < -0.39 is 5.97 Å². The summed E-state index contributed by atoms with van der Waals surface area (Å²) < 4.78 is 5.02. The molecule has 0 fully saturated rings. The highest BCUT2D eigenvalue weighted by molar-refractivity contribution is 6.09. The maximum Gasteiger partial charge on any atom is 0.340 e. The first-order valence-electron chi connectivity index (χ1n) is 7.12. The number of hydrogen-bond acceptors (Lipinski definition) is 4. The van der Waals surface area contributed by atoms with E-state index in [9.17, 15) is 9.59 Å². The molecule has 1 amide bonds. The van der Waals surface area contributed by atoms with E-state index >= 15 is 0 Å². The molecule has 0 aliphatic heterocycles. The largest absolute Gasteiger partial charge is 0.462 e. The fourth-order valence-electron chi connectivity index (χ4n) is 2.17. The van der Waals surface area contributed by atoms with Gasteiger partial charge in [0.2, 0.25) is 0 Å². The molecule has 2 rings (SSSR count). The highest BCUT2D eigenvalue weighted by Gasteiger charge is 2.20. The molecule has 23 heavy (non-hydrogen) atoms. The van der Waals surface area contributed by atoms with Crippen molar-refractivity contribution in [2.75, 3.05) is 18.6 Å². The van der Waals surface area contributed by atoms with Crippen LogP contribution in [-0.4, -0.2) is 25.5 Å². The summed E-state index contributed by atoms with van der Waals surface area (Å²) in [5.41, 5.74) is 1.56. The Kier molecular flexibility index (Phi) is 5.11. The minimum atomic E-state index is -0.478. The molecule has 0 spiro atoms. The van der Waals surface area contributed by atoms with Gasteiger partial charge in [0.15, 0.2) is 0 Å². The standard InChI is InChI=1S/C18H16N2O3/c1-3-23-18(22)15-9-4-5-10-16(15)20(2)17(21)14-8-6-7-13(11-14)12-19/h4-11H,3H2,1-2H3. The zero-order valence-corrected chi connectivity index (χ0v) is 12.9. The van der Waals surface area contributed by atoms with Crippen molar-refractivity contribution in [3.8, 4) is 6.07 Å². The molecule has 0 N–H and O–H groups in total. The Balaban J connectivity index is 2.37. The van der Waals surface area contributed by atoms with Crippen molar-refractivity contribution in [1.29, 1.82) is 5.26 Å². The third-order valence-electron chi connectivity index (χ3n) is 3.30. The molecule has 5 heteroatoms. The molecule has 0 aliphatic rings. The number of carbonyl (C=O) groups is 2. The van der Waals surface area contributed by atoms with Gasteiger partial charge in [-0.25, -0.2) is 4.79 Å². The molecule has 0 bridgehead atoms. The second-order valence-corrected chi connectivity index (χ2v) is 4.79. The van der Waals surface area contributed by atoms with Crippen LogP contribution in [0.4, 0.5) is 5.69 Å². The van der Waals surface area contributed by atoms with Crippen molar-refractivity contribution in [2.45, 2.75) is 6.92 Å². The van der Waals surface area contributed by atoms with Crippen LogP contribution in [-0.2, 0) is 4.74 Å². The molecule has 2 aromatic rings. The lowest BCUT2D eigenvalue weighted by Gasteiger charge is -2.20. The quantitative estimate of drug-likeness (QED) is 0.814. The average Bonchev–Trinajstić information content (AvgIpc) is 2.60. The van der Waals surface area contributed by atoms with Crippen LogP contribution in [0.25, 0.3) is 0 Å². The molecule has 0 saturated carbocycles. The number of carbonyl (C=O) groups excluding carboxylic acids is 2. The number of hydrogen-bond donors (Lipinski definition) is 0. The van der Waals surface area contributed by atoms with Gasteiger partial charge in [-0.1, -0.05) is 18.2 Å². The van der Waals surface area contributed by atoms with E-state index in [0.29, 0.717) is 22.4 Å². The minimum absolute atomic E-state index is 0.259. The van der Waals surface area contributed by atoms with Crippen molar-refractivity contribution in [3.05, 3.63) is 65.2 Å². The highest BCUT2D eigenvalue weighted by atomic mass is 16.5. The smallest absolute Gasteiger partial charge is 0.340 e. The number of para-hydroxylation sites is 1. The maximum absolute atomic E-state index is 12.6. The van der Waals surface area contributed by atoms with Crippen LogP contribution in [0.2, 0.25) is 0 Å². The molecule has 116 valence electrons. The van der Waals surface area contributed by atoms with Crippen LogP contribution in [0.3, 0.4) is 0 Å². The van der Waals surface area contributed by atoms with Gasteiger partial charge in [0.05, 0.1) is 29.5 Å². The third kappa shape index (κ3) is 3.55. The Bertz CT molecular complexity index is 778. The molecule has 0 radical (unpaired) electrons. The molecule has 0 aromatic heterocycles. The topological polar surface area (TPSA) is 70.4 Å². The first-order valence-corrected chi connectivity index (χ1v) is 7.12. The molecule has 2 aromatic carbocycles. The van der Waals surface area contributed by atoms with Gasteiger partial charge in [0.25, 0.3) is 5.91 Å². The summed E-state index contributed by atoms with van der Waals surface area (Å²) >= 11 is 0. The summed E-state index contributed by atoms with van der Waals surface area (Å²) in [4.78, 5) is 26.0. The predicted molar refractivity (Wildman–Crippen MR) is 86.3 cm³/mol. The molecule has 5 nitrogen and oxygen atoms in total. The van der Waals surface area contributed by atoms with E-state index in [0.717, 1.165) is 0 Å². The lowest BCUT2D eigenvalue weighted by Crippen LogP contribution is -2.28. The Hall–Kier alpha value is -3.13. The second kappa shape index (κ2) is 7.23. The van der Waals surface area contributed by atoms with Crippen molar-refractivity contribution in [3.63, 3.8) is 0 Å². The third-order valence-corrected chi connectivity index (χ3v) is 3.30. The summed E-state index contributed by atoms with van der Waals surface area (Å²) in [5.74, 6) is -0.785. The average molecular weight is 308 g/mol. The molecule has 0 atom stereocenters. The van der Waals surface area contributed by atoms with E-state index in [-0.39, 0.29) is 12.5 Å². The van der Waals surface area contributed by atoms with E-state index in [2.05, 4.69) is 0 Å². The molecule has 0 unspecified atom stereocenters. The maximum atomic E-state index is 12.6. The number of ether oxygens (including phenoxy) is 1. The van der Waals surface area contributed by atoms with E-state index in [1.54, 1.807) is 56.4 Å². The van der Waals surface area contributed by atoms with E-state index in [1.807, 2.05) is 6.07 Å². The summed E-state index contributed by atoms with van der Waals surface area (Å²) in [6.45, 7) is 1.98. The van der Waals surface area contributed by atoms with Crippen LogP contribution in [0.5, 0.6) is 0 Å². The van der Waals surface area contributed by atoms with Crippen LogP contribution in [0.1, 0.15) is 33.2 Å². The Morgan fingerprint density at radius 2 is 1.91 bits per heavy atom. The van der Waals surface area contributed by atoms with Crippen molar-refractivity contribution in [1.82, 2.24) is 0 Å². The summed E-state index contributed by atoms with van der Waals surface area (Å²) in [6.07, 6.45) is 0. The van der Waals surface area contributed by atoms with E-state index in [1.165, 1.54) is 11.0 Å². The lowest BCUT2D eigenvalue weighted by atomic mass is 10.1. The number of esters is 1. The van der Waals surface area contributed by atoms with Gasteiger partial charge in [0.1, 0.15) is 0 Å². The number of anilines is 1. The monoisotopic (exact) mass is 308 g/mol. The predicted octanol–water partition coefficient (Wildman–Crippen LogP) is 3.01. The summed E-state index contributed by atoms with van der Waals surface area (Å²) in [7, 11) is 1.58. The highest BCUT2D eigenvalue weighted by Crippen LogP contribution is 2.22. The molecule has 0 saturated heterocycles. The Labute approximate surface area is 134 Å². The zero-order valence-electron chi connectivity index (χ0n) is 12.9. The van der Waals surface area contributed by atoms with Gasteiger partial charge in [-0.05, 0) is 37.3 Å². The number of amides is 1. The fourth-order valence-corrected chi connectivity index (χ4v) is 2.17. The molecular weight excluding hydrogens is 292 g/mol. The van der Waals surface area contributed by atoms with Crippen LogP contribution >= 0.6 is 0 Å². The van der Waals surface area contributed by atoms with Crippen LogP contribution < -0.4 is 4.90 Å². The van der Waals surface area contributed by atoms with Crippen molar-refractivity contribution in [2.24, 2.45) is 0 Å². The number of nitriles is 1.